The summed E-state index contributed by atoms with van der Waals surface area (Å²) in [5.74, 6) is -0.803. The third-order valence-corrected chi connectivity index (χ3v) is 7.33. The second-order valence-corrected chi connectivity index (χ2v) is 10.6. The minimum atomic E-state index is -0.864. The fraction of sp³-hybridized carbons (Fsp3) is 0.306. The molecule has 0 aliphatic carbocycles. The SMILES string of the molecule is CC(=O)OC1O[C@H](COCc2ccccc2)[C@@H](OCc2ccccc2)[C@H](OCc2ccccc2)[C@H]1CNc1ccccc1. The van der Waals surface area contributed by atoms with Gasteiger partial charge in [0.25, 0.3) is 0 Å². The van der Waals surface area contributed by atoms with Crippen LogP contribution in [0.25, 0.3) is 0 Å². The molecule has 1 fully saturated rings. The summed E-state index contributed by atoms with van der Waals surface area (Å²) in [4.78, 5) is 12.3. The van der Waals surface area contributed by atoms with Crippen LogP contribution in [0, 0.1) is 5.92 Å². The first-order chi connectivity index (χ1) is 21.2. The second kappa shape index (κ2) is 16.0. The number of rotatable bonds is 14. The summed E-state index contributed by atoms with van der Waals surface area (Å²) < 4.78 is 31.8. The number of hydrogen-bond donors (Lipinski definition) is 1. The van der Waals surface area contributed by atoms with Crippen LogP contribution < -0.4 is 5.32 Å². The first-order valence-electron chi connectivity index (χ1n) is 14.7. The van der Waals surface area contributed by atoms with Gasteiger partial charge in [-0.05, 0) is 28.8 Å². The molecule has 0 radical (unpaired) electrons. The number of hydrogen-bond acceptors (Lipinski definition) is 7. The van der Waals surface area contributed by atoms with Gasteiger partial charge in [0, 0.05) is 19.2 Å². The summed E-state index contributed by atoms with van der Waals surface area (Å²) in [5.41, 5.74) is 4.07. The molecule has 0 bridgehead atoms. The van der Waals surface area contributed by atoms with Gasteiger partial charge in [0.15, 0.2) is 0 Å². The van der Waals surface area contributed by atoms with Crippen LogP contribution in [0.2, 0.25) is 0 Å². The highest BCUT2D eigenvalue weighted by atomic mass is 16.7. The van der Waals surface area contributed by atoms with E-state index in [1.807, 2.05) is 121 Å². The third kappa shape index (κ3) is 9.24. The van der Waals surface area contributed by atoms with E-state index in [0.29, 0.717) is 26.4 Å². The maximum Gasteiger partial charge on any atom is 0.304 e. The van der Waals surface area contributed by atoms with Crippen molar-refractivity contribution in [3.8, 4) is 0 Å². The Morgan fingerprint density at radius 2 is 1.16 bits per heavy atom. The van der Waals surface area contributed by atoms with E-state index in [2.05, 4.69) is 5.32 Å². The Balaban J connectivity index is 1.42. The maximum atomic E-state index is 12.3. The highest BCUT2D eigenvalue weighted by Crippen LogP contribution is 2.33. The van der Waals surface area contributed by atoms with E-state index in [1.165, 1.54) is 6.92 Å². The second-order valence-electron chi connectivity index (χ2n) is 10.6. The molecule has 0 spiro atoms. The lowest BCUT2D eigenvalue weighted by molar-refractivity contribution is -0.294. The lowest BCUT2D eigenvalue weighted by Gasteiger charge is -2.46. The Hall–Kier alpha value is -4.01. The maximum absolute atomic E-state index is 12.3. The van der Waals surface area contributed by atoms with Crippen molar-refractivity contribution in [2.24, 2.45) is 5.92 Å². The molecule has 0 amide bonds. The van der Waals surface area contributed by atoms with Gasteiger partial charge in [-0.25, -0.2) is 0 Å². The van der Waals surface area contributed by atoms with Crippen LogP contribution in [0.1, 0.15) is 23.6 Å². The van der Waals surface area contributed by atoms with E-state index in [4.69, 9.17) is 23.7 Å². The zero-order valence-electron chi connectivity index (χ0n) is 24.4. The summed E-state index contributed by atoms with van der Waals surface area (Å²) in [6.45, 7) is 3.21. The molecule has 224 valence electrons. The summed E-state index contributed by atoms with van der Waals surface area (Å²) in [5, 5.41) is 3.48. The quantitative estimate of drug-likeness (QED) is 0.173. The van der Waals surface area contributed by atoms with E-state index in [-0.39, 0.29) is 12.5 Å². The van der Waals surface area contributed by atoms with Gasteiger partial charge in [-0.3, -0.25) is 4.79 Å². The van der Waals surface area contributed by atoms with Gasteiger partial charge in [-0.2, -0.15) is 0 Å². The van der Waals surface area contributed by atoms with E-state index in [0.717, 1.165) is 22.4 Å². The van der Waals surface area contributed by atoms with E-state index < -0.39 is 30.6 Å². The molecular weight excluding hydrogens is 542 g/mol. The number of esters is 1. The van der Waals surface area contributed by atoms with Crippen LogP contribution >= 0.6 is 0 Å². The molecule has 7 nitrogen and oxygen atoms in total. The zero-order valence-corrected chi connectivity index (χ0v) is 24.4. The molecule has 43 heavy (non-hydrogen) atoms. The van der Waals surface area contributed by atoms with E-state index in [9.17, 15) is 4.79 Å². The largest absolute Gasteiger partial charge is 0.435 e. The van der Waals surface area contributed by atoms with Crippen molar-refractivity contribution in [1.29, 1.82) is 0 Å². The van der Waals surface area contributed by atoms with Gasteiger partial charge < -0.3 is 29.0 Å². The lowest BCUT2D eigenvalue weighted by atomic mass is 9.89. The van der Waals surface area contributed by atoms with Crippen molar-refractivity contribution in [1.82, 2.24) is 0 Å². The third-order valence-electron chi connectivity index (χ3n) is 7.33. The smallest absolute Gasteiger partial charge is 0.304 e. The number of carbonyl (C=O) groups excluding carboxylic acids is 1. The number of carbonyl (C=O) groups is 1. The molecule has 1 N–H and O–H groups in total. The molecule has 1 aliphatic heterocycles. The summed E-state index contributed by atoms with van der Waals surface area (Å²) in [6.07, 6.45) is -2.40. The van der Waals surface area contributed by atoms with Gasteiger partial charge >= 0.3 is 5.97 Å². The average molecular weight is 582 g/mol. The number of ether oxygens (including phenoxy) is 5. The Morgan fingerprint density at radius 1 is 0.674 bits per heavy atom. The number of benzene rings is 4. The summed E-state index contributed by atoms with van der Waals surface area (Å²) >= 11 is 0. The van der Waals surface area contributed by atoms with Crippen LogP contribution in [0.15, 0.2) is 121 Å². The van der Waals surface area contributed by atoms with Crippen molar-refractivity contribution in [3.05, 3.63) is 138 Å². The predicted molar refractivity (Wildman–Crippen MR) is 165 cm³/mol. The van der Waals surface area contributed by atoms with Crippen molar-refractivity contribution < 1.29 is 28.5 Å². The summed E-state index contributed by atoms with van der Waals surface area (Å²) in [6, 6.07) is 39.9. The van der Waals surface area contributed by atoms with Crippen molar-refractivity contribution in [2.45, 2.75) is 51.3 Å². The molecule has 5 atom stereocenters. The fourth-order valence-electron chi connectivity index (χ4n) is 5.20. The minimum Gasteiger partial charge on any atom is -0.435 e. The molecule has 1 unspecified atom stereocenters. The van der Waals surface area contributed by atoms with Gasteiger partial charge in [-0.15, -0.1) is 0 Å². The fourth-order valence-corrected chi connectivity index (χ4v) is 5.20. The van der Waals surface area contributed by atoms with Crippen molar-refractivity contribution >= 4 is 11.7 Å². The number of nitrogens with one attached hydrogen (secondary N) is 1. The molecule has 4 aromatic carbocycles. The molecule has 5 rings (SSSR count). The normalized spacial score (nSPS) is 21.7. The van der Waals surface area contributed by atoms with Gasteiger partial charge in [0.1, 0.15) is 12.2 Å². The molecule has 7 heteroatoms. The first kappa shape index (κ1) is 30.4. The van der Waals surface area contributed by atoms with E-state index >= 15 is 0 Å². The Kier molecular flexibility index (Phi) is 11.3. The molecule has 1 heterocycles. The van der Waals surface area contributed by atoms with Crippen LogP contribution in [-0.2, 0) is 48.3 Å². The molecule has 1 saturated heterocycles. The van der Waals surface area contributed by atoms with Gasteiger partial charge in [0.05, 0.1) is 38.4 Å². The van der Waals surface area contributed by atoms with Crippen molar-refractivity contribution in [3.63, 3.8) is 0 Å². The molecular formula is C36H39NO6. The van der Waals surface area contributed by atoms with Crippen LogP contribution in [-0.4, -0.2) is 43.7 Å². The summed E-state index contributed by atoms with van der Waals surface area (Å²) in [7, 11) is 0. The minimum absolute atomic E-state index is 0.232. The highest BCUT2D eigenvalue weighted by molar-refractivity contribution is 5.66. The number of anilines is 1. The monoisotopic (exact) mass is 581 g/mol. The first-order valence-corrected chi connectivity index (χ1v) is 14.7. The standard InChI is InChI=1S/C36H39NO6/c1-27(38)42-36-32(22-37-31-20-12-5-13-21-31)34(40-24-29-16-8-3-9-17-29)35(41-25-30-18-10-4-11-19-30)33(43-36)26-39-23-28-14-6-2-7-15-28/h2-21,32-37H,22-26H2,1H3/t32-,33-,34-,35-,36?/m1/s1. The number of para-hydroxylation sites is 1. The molecule has 1 aliphatic rings. The zero-order chi connectivity index (χ0) is 29.7. The van der Waals surface area contributed by atoms with Gasteiger partial charge in [0.2, 0.25) is 6.29 Å². The van der Waals surface area contributed by atoms with E-state index in [1.54, 1.807) is 0 Å². The molecule has 4 aromatic rings. The van der Waals surface area contributed by atoms with Crippen LogP contribution in [0.4, 0.5) is 5.69 Å². The van der Waals surface area contributed by atoms with Gasteiger partial charge in [-0.1, -0.05) is 109 Å². The van der Waals surface area contributed by atoms with Crippen LogP contribution in [0.3, 0.4) is 0 Å². The highest BCUT2D eigenvalue weighted by Gasteiger charge is 2.49. The molecule has 0 saturated carbocycles. The Morgan fingerprint density at radius 3 is 1.70 bits per heavy atom. The Bertz CT molecular complexity index is 1360. The Labute approximate surface area is 253 Å². The molecule has 0 aromatic heterocycles. The average Bonchev–Trinajstić information content (AvgIpc) is 3.04. The lowest BCUT2D eigenvalue weighted by Crippen LogP contribution is -2.60. The van der Waals surface area contributed by atoms with Crippen molar-refractivity contribution in [2.75, 3.05) is 18.5 Å². The topological polar surface area (TPSA) is 75.3 Å². The van der Waals surface area contributed by atoms with Crippen LogP contribution in [0.5, 0.6) is 0 Å². The predicted octanol–water partition coefficient (Wildman–Crippen LogP) is 6.39.